The van der Waals surface area contributed by atoms with Crippen LogP contribution in [0.4, 0.5) is 5.69 Å². The number of amides is 1. The summed E-state index contributed by atoms with van der Waals surface area (Å²) in [6.45, 7) is 6.34. The van der Waals surface area contributed by atoms with Crippen LogP contribution in [0.25, 0.3) is 0 Å². The molecule has 2 aromatic rings. The minimum absolute atomic E-state index is 0.161. The summed E-state index contributed by atoms with van der Waals surface area (Å²) in [6.07, 6.45) is 0.718. The van der Waals surface area contributed by atoms with Gasteiger partial charge in [0, 0.05) is 12.2 Å². The Morgan fingerprint density at radius 1 is 1.04 bits per heavy atom. The first kappa shape index (κ1) is 20.9. The highest BCUT2D eigenvalue weighted by molar-refractivity contribution is 7.89. The average Bonchev–Trinajstić information content (AvgIpc) is 2.65. The fourth-order valence-electron chi connectivity index (χ4n) is 2.33. The summed E-state index contributed by atoms with van der Waals surface area (Å²) in [5, 5.41) is 2.77. The van der Waals surface area contributed by atoms with Crippen molar-refractivity contribution in [2.24, 2.45) is 0 Å². The monoisotopic (exact) mass is 390 g/mol. The molecule has 0 fully saturated rings. The molecule has 0 saturated heterocycles. The normalized spacial score (nSPS) is 11.4. The zero-order valence-corrected chi connectivity index (χ0v) is 16.7. The summed E-state index contributed by atoms with van der Waals surface area (Å²) in [6, 6.07) is 13.6. The number of anilines is 1. The van der Waals surface area contributed by atoms with Gasteiger partial charge in [-0.05, 0) is 54.3 Å². The average molecular weight is 391 g/mol. The highest BCUT2D eigenvalue weighted by Gasteiger charge is 2.13. The molecule has 2 N–H and O–H groups in total. The molecule has 0 saturated carbocycles. The summed E-state index contributed by atoms with van der Waals surface area (Å²) < 4.78 is 32.0. The Hall–Kier alpha value is -2.38. The summed E-state index contributed by atoms with van der Waals surface area (Å²) in [4.78, 5) is 12.2. The molecule has 0 aliphatic carbocycles. The second-order valence-corrected chi connectivity index (χ2v) is 8.25. The molecule has 6 nitrogen and oxygen atoms in total. The standard InChI is InChI=1S/C20H26N2O4S/c1-4-13-21-27(24,25)19-11-9-18(10-12-19)26-14-20(23)22-17-7-5-16(6-8-17)15(2)3/h5-12,15,21H,4,13-14H2,1-3H3,(H,22,23). The molecular weight excluding hydrogens is 364 g/mol. The van der Waals surface area contributed by atoms with Gasteiger partial charge in [-0.2, -0.15) is 0 Å². The number of sulfonamides is 1. The van der Waals surface area contributed by atoms with Gasteiger partial charge in [0.15, 0.2) is 6.61 Å². The Morgan fingerprint density at radius 2 is 1.67 bits per heavy atom. The third-order valence-electron chi connectivity index (χ3n) is 3.91. The van der Waals surface area contributed by atoms with Crippen LogP contribution in [-0.2, 0) is 14.8 Å². The minimum atomic E-state index is -3.51. The van der Waals surface area contributed by atoms with Crippen LogP contribution in [-0.4, -0.2) is 27.5 Å². The lowest BCUT2D eigenvalue weighted by molar-refractivity contribution is -0.118. The van der Waals surface area contributed by atoms with E-state index in [2.05, 4.69) is 23.9 Å². The van der Waals surface area contributed by atoms with Gasteiger partial charge < -0.3 is 10.1 Å². The van der Waals surface area contributed by atoms with Crippen molar-refractivity contribution in [2.75, 3.05) is 18.5 Å². The SMILES string of the molecule is CCCNS(=O)(=O)c1ccc(OCC(=O)Nc2ccc(C(C)C)cc2)cc1. The summed E-state index contributed by atoms with van der Waals surface area (Å²) >= 11 is 0. The first-order valence-corrected chi connectivity index (χ1v) is 10.4. The maximum Gasteiger partial charge on any atom is 0.262 e. The third kappa shape index (κ3) is 6.37. The van der Waals surface area contributed by atoms with Gasteiger partial charge >= 0.3 is 0 Å². The Balaban J connectivity index is 1.88. The highest BCUT2D eigenvalue weighted by Crippen LogP contribution is 2.18. The quantitative estimate of drug-likeness (QED) is 0.686. The fraction of sp³-hybridized carbons (Fsp3) is 0.350. The van der Waals surface area contributed by atoms with Gasteiger partial charge in [-0.15, -0.1) is 0 Å². The maximum atomic E-state index is 12.0. The van der Waals surface area contributed by atoms with Gasteiger partial charge in [0.05, 0.1) is 4.90 Å². The van der Waals surface area contributed by atoms with Crippen molar-refractivity contribution >= 4 is 21.6 Å². The molecule has 1 amide bonds. The molecule has 0 aromatic heterocycles. The van der Waals surface area contributed by atoms with Gasteiger partial charge in [0.25, 0.3) is 5.91 Å². The summed E-state index contributed by atoms with van der Waals surface area (Å²) in [5.41, 5.74) is 1.91. The van der Waals surface area contributed by atoms with Crippen molar-refractivity contribution < 1.29 is 17.9 Å². The Morgan fingerprint density at radius 3 is 2.22 bits per heavy atom. The van der Waals surface area contributed by atoms with Crippen LogP contribution in [0, 0.1) is 0 Å². The molecule has 0 aliphatic rings. The van der Waals surface area contributed by atoms with Crippen LogP contribution >= 0.6 is 0 Å². The predicted octanol–water partition coefficient (Wildman–Crippen LogP) is 3.52. The fourth-order valence-corrected chi connectivity index (χ4v) is 3.47. The van der Waals surface area contributed by atoms with Crippen LogP contribution in [0.15, 0.2) is 53.4 Å². The van der Waals surface area contributed by atoms with E-state index in [0.29, 0.717) is 23.9 Å². The maximum absolute atomic E-state index is 12.0. The molecule has 0 spiro atoms. The van der Waals surface area contributed by atoms with Crippen LogP contribution in [0.1, 0.15) is 38.7 Å². The van der Waals surface area contributed by atoms with E-state index in [1.807, 2.05) is 31.2 Å². The zero-order chi connectivity index (χ0) is 19.9. The number of carbonyl (C=O) groups excluding carboxylic acids is 1. The van der Waals surface area contributed by atoms with Gasteiger partial charge in [0.1, 0.15) is 5.75 Å². The van der Waals surface area contributed by atoms with E-state index in [1.165, 1.54) is 29.8 Å². The van der Waals surface area contributed by atoms with Gasteiger partial charge in [0.2, 0.25) is 10.0 Å². The predicted molar refractivity (Wildman–Crippen MR) is 107 cm³/mol. The smallest absolute Gasteiger partial charge is 0.262 e. The summed E-state index contributed by atoms with van der Waals surface area (Å²) in [7, 11) is -3.51. The lowest BCUT2D eigenvalue weighted by Gasteiger charge is -2.10. The minimum Gasteiger partial charge on any atom is -0.484 e. The topological polar surface area (TPSA) is 84.5 Å². The molecule has 0 atom stereocenters. The van der Waals surface area contributed by atoms with Crippen molar-refractivity contribution in [3.63, 3.8) is 0 Å². The number of hydrogen-bond acceptors (Lipinski definition) is 4. The number of carbonyl (C=O) groups is 1. The zero-order valence-electron chi connectivity index (χ0n) is 15.9. The second-order valence-electron chi connectivity index (χ2n) is 6.48. The van der Waals surface area contributed by atoms with E-state index in [0.717, 1.165) is 6.42 Å². The van der Waals surface area contributed by atoms with E-state index < -0.39 is 10.0 Å². The molecule has 2 aromatic carbocycles. The van der Waals surface area contributed by atoms with E-state index in [-0.39, 0.29) is 17.4 Å². The van der Waals surface area contributed by atoms with Crippen molar-refractivity contribution in [2.45, 2.75) is 38.0 Å². The van der Waals surface area contributed by atoms with E-state index >= 15 is 0 Å². The Labute approximate surface area is 161 Å². The van der Waals surface area contributed by atoms with Crippen LogP contribution in [0.3, 0.4) is 0 Å². The van der Waals surface area contributed by atoms with E-state index in [9.17, 15) is 13.2 Å². The lowest BCUT2D eigenvalue weighted by Crippen LogP contribution is -2.24. The molecule has 0 radical (unpaired) electrons. The molecule has 0 heterocycles. The number of ether oxygens (including phenoxy) is 1. The highest BCUT2D eigenvalue weighted by atomic mass is 32.2. The number of benzene rings is 2. The molecule has 0 bridgehead atoms. The lowest BCUT2D eigenvalue weighted by atomic mass is 10.0. The largest absolute Gasteiger partial charge is 0.484 e. The molecular formula is C20H26N2O4S. The molecule has 2 rings (SSSR count). The first-order valence-electron chi connectivity index (χ1n) is 8.94. The Bertz CT molecular complexity index is 845. The second kappa shape index (κ2) is 9.53. The molecule has 0 aliphatic heterocycles. The number of rotatable bonds is 9. The van der Waals surface area contributed by atoms with Crippen molar-refractivity contribution in [1.82, 2.24) is 4.72 Å². The van der Waals surface area contributed by atoms with E-state index in [1.54, 1.807) is 0 Å². The summed E-state index contributed by atoms with van der Waals surface area (Å²) in [5.74, 6) is 0.574. The van der Waals surface area contributed by atoms with Gasteiger partial charge in [-0.1, -0.05) is 32.9 Å². The molecule has 7 heteroatoms. The van der Waals surface area contributed by atoms with Crippen LogP contribution in [0.2, 0.25) is 0 Å². The Kier molecular flexibility index (Phi) is 7.38. The molecule has 27 heavy (non-hydrogen) atoms. The van der Waals surface area contributed by atoms with Crippen molar-refractivity contribution in [1.29, 1.82) is 0 Å². The van der Waals surface area contributed by atoms with E-state index in [4.69, 9.17) is 4.74 Å². The third-order valence-corrected chi connectivity index (χ3v) is 5.38. The number of hydrogen-bond donors (Lipinski definition) is 2. The molecule has 0 unspecified atom stereocenters. The molecule has 146 valence electrons. The van der Waals surface area contributed by atoms with Gasteiger partial charge in [-0.25, -0.2) is 13.1 Å². The van der Waals surface area contributed by atoms with Gasteiger partial charge in [-0.3, -0.25) is 4.79 Å². The first-order chi connectivity index (χ1) is 12.8. The number of nitrogens with one attached hydrogen (secondary N) is 2. The van der Waals surface area contributed by atoms with Crippen LogP contribution < -0.4 is 14.8 Å². The van der Waals surface area contributed by atoms with Crippen molar-refractivity contribution in [3.8, 4) is 5.75 Å². The van der Waals surface area contributed by atoms with Crippen LogP contribution in [0.5, 0.6) is 5.75 Å². The van der Waals surface area contributed by atoms with Crippen molar-refractivity contribution in [3.05, 3.63) is 54.1 Å².